The van der Waals surface area contributed by atoms with Crippen molar-refractivity contribution in [1.29, 1.82) is 0 Å². The Bertz CT molecular complexity index is 1340. The topological polar surface area (TPSA) is 79.0 Å². The van der Waals surface area contributed by atoms with Crippen LogP contribution < -0.4 is 15.0 Å². The predicted octanol–water partition coefficient (Wildman–Crippen LogP) is 5.46. The van der Waals surface area contributed by atoms with E-state index in [0.29, 0.717) is 25.1 Å². The van der Waals surface area contributed by atoms with E-state index in [0.717, 1.165) is 53.5 Å². The minimum atomic E-state index is -0.604. The predicted molar refractivity (Wildman–Crippen MR) is 153 cm³/mol. The maximum Gasteiger partial charge on any atom is 0.258 e. The van der Waals surface area contributed by atoms with E-state index in [9.17, 15) is 14.4 Å². The molecule has 0 spiro atoms. The fraction of sp³-hybridized carbons (Fsp3) is 0.406. The average molecular weight is 528 g/mol. The van der Waals surface area contributed by atoms with E-state index in [-0.39, 0.29) is 30.2 Å². The van der Waals surface area contributed by atoms with Gasteiger partial charge in [-0.25, -0.2) is 0 Å². The molecule has 1 aliphatic heterocycles. The second-order valence-corrected chi connectivity index (χ2v) is 10.6. The number of nitrogens with one attached hydrogen (secondary N) is 1. The minimum absolute atomic E-state index is 0.0236. The molecule has 0 radical (unpaired) electrons. The quantitative estimate of drug-likeness (QED) is 0.380. The summed E-state index contributed by atoms with van der Waals surface area (Å²) in [4.78, 5) is 43.4. The lowest BCUT2D eigenvalue weighted by atomic mass is 9.95. The molecular formula is C32H37N3O4. The molecule has 3 amide bonds. The van der Waals surface area contributed by atoms with E-state index in [1.165, 1.54) is 6.42 Å². The van der Waals surface area contributed by atoms with Gasteiger partial charge in [0.25, 0.3) is 5.91 Å². The third kappa shape index (κ3) is 5.77. The number of nitrogens with zero attached hydrogens (tertiary/aromatic N) is 2. The van der Waals surface area contributed by atoms with Gasteiger partial charge in [-0.15, -0.1) is 0 Å². The smallest absolute Gasteiger partial charge is 0.258 e. The van der Waals surface area contributed by atoms with Gasteiger partial charge in [0.15, 0.2) is 0 Å². The zero-order chi connectivity index (χ0) is 27.4. The molecule has 204 valence electrons. The van der Waals surface area contributed by atoms with Crippen molar-refractivity contribution < 1.29 is 19.1 Å². The summed E-state index contributed by atoms with van der Waals surface area (Å²) < 4.78 is 5.27. The maximum atomic E-state index is 13.6. The van der Waals surface area contributed by atoms with Gasteiger partial charge in [0.05, 0.1) is 12.8 Å². The summed E-state index contributed by atoms with van der Waals surface area (Å²) in [6.45, 7) is 2.58. The van der Waals surface area contributed by atoms with Gasteiger partial charge in [0.2, 0.25) is 11.8 Å². The Kier molecular flexibility index (Phi) is 8.15. The van der Waals surface area contributed by atoms with E-state index in [1.54, 1.807) is 23.8 Å². The summed E-state index contributed by atoms with van der Waals surface area (Å²) in [5.41, 5.74) is 2.54. The first kappa shape index (κ1) is 26.7. The van der Waals surface area contributed by atoms with Gasteiger partial charge in [-0.1, -0.05) is 55.7 Å². The highest BCUT2D eigenvalue weighted by atomic mass is 16.5. The number of benzene rings is 3. The molecule has 39 heavy (non-hydrogen) atoms. The van der Waals surface area contributed by atoms with Crippen LogP contribution in [0.1, 0.15) is 67.8 Å². The summed E-state index contributed by atoms with van der Waals surface area (Å²) in [6, 6.07) is 18.9. The zero-order valence-electron chi connectivity index (χ0n) is 22.8. The molecule has 1 fully saturated rings. The minimum Gasteiger partial charge on any atom is -0.497 e. The second kappa shape index (κ2) is 11.9. The Balaban J connectivity index is 1.27. The van der Waals surface area contributed by atoms with Crippen molar-refractivity contribution in [3.05, 3.63) is 71.8 Å². The van der Waals surface area contributed by atoms with Crippen LogP contribution in [-0.2, 0) is 16.1 Å². The molecule has 2 aliphatic rings. The van der Waals surface area contributed by atoms with Crippen molar-refractivity contribution >= 4 is 34.2 Å². The fourth-order valence-electron chi connectivity index (χ4n) is 5.81. The summed E-state index contributed by atoms with van der Waals surface area (Å²) in [7, 11) is 1.62. The molecule has 5 rings (SSSR count). The van der Waals surface area contributed by atoms with Gasteiger partial charge in [-0.3, -0.25) is 14.4 Å². The highest BCUT2D eigenvalue weighted by Gasteiger charge is 2.31. The van der Waals surface area contributed by atoms with E-state index >= 15 is 0 Å². The van der Waals surface area contributed by atoms with Gasteiger partial charge in [0, 0.05) is 36.5 Å². The number of hydrogen-bond donors (Lipinski definition) is 1. The monoisotopic (exact) mass is 527 g/mol. The van der Waals surface area contributed by atoms with E-state index in [2.05, 4.69) is 5.32 Å². The Morgan fingerprint density at radius 2 is 1.74 bits per heavy atom. The number of amides is 3. The zero-order valence-corrected chi connectivity index (χ0v) is 22.8. The Hall–Kier alpha value is -3.87. The van der Waals surface area contributed by atoms with Crippen LogP contribution in [-0.4, -0.2) is 48.4 Å². The Morgan fingerprint density at radius 1 is 1.03 bits per heavy atom. The van der Waals surface area contributed by atoms with E-state index in [4.69, 9.17) is 4.74 Å². The average Bonchev–Trinajstić information content (AvgIpc) is 3.24. The molecule has 0 saturated heterocycles. The number of anilines is 1. The summed E-state index contributed by atoms with van der Waals surface area (Å²) >= 11 is 0. The van der Waals surface area contributed by atoms with Crippen LogP contribution in [0.4, 0.5) is 5.69 Å². The SMILES string of the molecule is COc1ccc(CN(C(=O)CCCN2C(=O)c3cccc4cccc2c34)[C@H](C)C(=O)NC2CCCCC2)cc1. The Morgan fingerprint density at radius 3 is 2.46 bits per heavy atom. The number of methoxy groups -OCH3 is 1. The molecule has 1 heterocycles. The molecule has 7 nitrogen and oxygen atoms in total. The maximum absolute atomic E-state index is 13.6. The summed E-state index contributed by atoms with van der Waals surface area (Å²) in [5, 5.41) is 5.20. The van der Waals surface area contributed by atoms with Crippen LogP contribution in [0, 0.1) is 0 Å². The third-order valence-corrected chi connectivity index (χ3v) is 8.05. The van der Waals surface area contributed by atoms with Crippen molar-refractivity contribution in [2.75, 3.05) is 18.6 Å². The van der Waals surface area contributed by atoms with Gasteiger partial charge < -0.3 is 19.9 Å². The molecule has 0 unspecified atom stereocenters. The van der Waals surface area contributed by atoms with E-state index < -0.39 is 6.04 Å². The lowest BCUT2D eigenvalue weighted by Gasteiger charge is -2.31. The first-order chi connectivity index (χ1) is 19.0. The lowest BCUT2D eigenvalue weighted by molar-refractivity contribution is -0.141. The number of carbonyl (C=O) groups excluding carboxylic acids is 3. The molecular weight excluding hydrogens is 490 g/mol. The van der Waals surface area contributed by atoms with Crippen LogP contribution in [0.2, 0.25) is 0 Å². The lowest BCUT2D eigenvalue weighted by Crippen LogP contribution is -2.50. The molecule has 3 aromatic carbocycles. The largest absolute Gasteiger partial charge is 0.497 e. The van der Waals surface area contributed by atoms with Gasteiger partial charge in [-0.05, 0) is 61.4 Å². The third-order valence-electron chi connectivity index (χ3n) is 8.05. The van der Waals surface area contributed by atoms with Gasteiger partial charge >= 0.3 is 0 Å². The second-order valence-electron chi connectivity index (χ2n) is 10.6. The summed E-state index contributed by atoms with van der Waals surface area (Å²) in [5.74, 6) is 0.510. The number of hydrogen-bond acceptors (Lipinski definition) is 4. The molecule has 0 aromatic heterocycles. The first-order valence-electron chi connectivity index (χ1n) is 14.0. The standard InChI is InChI=1S/C32H37N3O4/c1-22(31(37)33-25-11-4-3-5-12-25)35(21-23-16-18-26(39-2)19-17-23)29(36)15-8-20-34-28-14-7-10-24-9-6-13-27(30(24)28)32(34)38/h6-7,9-10,13-14,16-19,22,25H,3-5,8,11-12,15,20-21H2,1-2H3,(H,33,37)/t22-/m1/s1. The van der Waals surface area contributed by atoms with Crippen LogP contribution in [0.25, 0.3) is 10.8 Å². The van der Waals surface area contributed by atoms with Crippen LogP contribution in [0.3, 0.4) is 0 Å². The molecule has 1 saturated carbocycles. The highest BCUT2D eigenvalue weighted by molar-refractivity contribution is 6.25. The molecule has 7 heteroatoms. The van der Waals surface area contributed by atoms with E-state index in [1.807, 2.05) is 60.7 Å². The number of carbonyl (C=O) groups is 3. The van der Waals surface area contributed by atoms with Crippen LogP contribution >= 0.6 is 0 Å². The van der Waals surface area contributed by atoms with Crippen LogP contribution in [0.5, 0.6) is 5.75 Å². The van der Waals surface area contributed by atoms with Crippen molar-refractivity contribution in [1.82, 2.24) is 10.2 Å². The molecule has 1 N–H and O–H groups in total. The number of ether oxygens (including phenoxy) is 1. The van der Waals surface area contributed by atoms with Crippen molar-refractivity contribution in [2.24, 2.45) is 0 Å². The summed E-state index contributed by atoms with van der Waals surface area (Å²) in [6.07, 6.45) is 6.19. The van der Waals surface area contributed by atoms with Gasteiger partial charge in [0.1, 0.15) is 11.8 Å². The number of rotatable bonds is 10. The van der Waals surface area contributed by atoms with Crippen LogP contribution in [0.15, 0.2) is 60.7 Å². The van der Waals surface area contributed by atoms with Crippen molar-refractivity contribution in [2.45, 2.75) is 70.5 Å². The van der Waals surface area contributed by atoms with Crippen molar-refractivity contribution in [3.63, 3.8) is 0 Å². The van der Waals surface area contributed by atoms with Gasteiger partial charge in [-0.2, -0.15) is 0 Å². The highest BCUT2D eigenvalue weighted by Crippen LogP contribution is 2.37. The molecule has 0 bridgehead atoms. The fourth-order valence-corrected chi connectivity index (χ4v) is 5.81. The first-order valence-corrected chi connectivity index (χ1v) is 14.0. The van der Waals surface area contributed by atoms with Crippen molar-refractivity contribution in [3.8, 4) is 5.75 Å². The molecule has 1 aliphatic carbocycles. The Labute approximate surface area is 230 Å². The molecule has 3 aromatic rings. The normalized spacial score (nSPS) is 15.8. The molecule has 1 atom stereocenters.